The van der Waals surface area contributed by atoms with Crippen LogP contribution in [0.2, 0.25) is 0 Å². The van der Waals surface area contributed by atoms with E-state index in [-0.39, 0.29) is 18.7 Å². The van der Waals surface area contributed by atoms with Gasteiger partial charge in [-0.3, -0.25) is 9.59 Å². The average molecular weight is 329 g/mol. The maximum Gasteiger partial charge on any atom is 0.305 e. The SMILES string of the molecule is Cc1cc2occ(CC(=O)NC3(CC(=O)O)CCCC3)c2cc1C. The minimum atomic E-state index is -0.864. The van der Waals surface area contributed by atoms with Gasteiger partial charge in [-0.1, -0.05) is 12.8 Å². The number of hydrogen-bond donors (Lipinski definition) is 2. The van der Waals surface area contributed by atoms with Crippen molar-refractivity contribution in [2.45, 2.75) is 57.9 Å². The fourth-order valence-electron chi connectivity index (χ4n) is 3.67. The summed E-state index contributed by atoms with van der Waals surface area (Å²) in [7, 11) is 0. The summed E-state index contributed by atoms with van der Waals surface area (Å²) in [5, 5.41) is 13.1. The second kappa shape index (κ2) is 6.30. The first-order chi connectivity index (χ1) is 11.4. The minimum absolute atomic E-state index is 0.0107. The molecule has 0 atom stereocenters. The van der Waals surface area contributed by atoms with E-state index in [0.29, 0.717) is 0 Å². The van der Waals surface area contributed by atoms with Crippen molar-refractivity contribution in [1.82, 2.24) is 5.32 Å². The van der Waals surface area contributed by atoms with Crippen LogP contribution >= 0.6 is 0 Å². The molecule has 0 unspecified atom stereocenters. The molecule has 1 aromatic heterocycles. The lowest BCUT2D eigenvalue weighted by Gasteiger charge is -2.28. The summed E-state index contributed by atoms with van der Waals surface area (Å²) in [6, 6.07) is 4.02. The maximum atomic E-state index is 12.5. The Hall–Kier alpha value is -2.30. The van der Waals surface area contributed by atoms with E-state index in [1.54, 1.807) is 6.26 Å². The van der Waals surface area contributed by atoms with Crippen LogP contribution in [0, 0.1) is 13.8 Å². The van der Waals surface area contributed by atoms with E-state index in [1.165, 1.54) is 0 Å². The Morgan fingerprint density at radius 3 is 2.54 bits per heavy atom. The highest BCUT2D eigenvalue weighted by molar-refractivity contribution is 5.89. The van der Waals surface area contributed by atoms with Gasteiger partial charge in [-0.25, -0.2) is 0 Å². The molecule has 0 aliphatic heterocycles. The summed E-state index contributed by atoms with van der Waals surface area (Å²) in [4.78, 5) is 23.6. The van der Waals surface area contributed by atoms with E-state index in [9.17, 15) is 9.59 Å². The van der Waals surface area contributed by atoms with Gasteiger partial charge in [-0.2, -0.15) is 0 Å². The lowest BCUT2D eigenvalue weighted by atomic mass is 9.92. The Kier molecular flexibility index (Phi) is 4.35. The monoisotopic (exact) mass is 329 g/mol. The number of carbonyl (C=O) groups is 2. The first kappa shape index (κ1) is 16.6. The molecular formula is C19H23NO4. The molecule has 0 spiro atoms. The van der Waals surface area contributed by atoms with Crippen molar-refractivity contribution in [3.05, 3.63) is 35.1 Å². The number of carbonyl (C=O) groups excluding carboxylic acids is 1. The standard InChI is InChI=1S/C19H23NO4/c1-12-7-15-14(11-24-16(15)8-13(12)2)9-17(21)20-19(10-18(22)23)5-3-4-6-19/h7-8,11H,3-6,9-10H2,1-2H3,(H,20,21)(H,22,23). The normalized spacial score (nSPS) is 16.4. The summed E-state index contributed by atoms with van der Waals surface area (Å²) in [5.74, 6) is -1.00. The Bertz CT molecular complexity index is 784. The largest absolute Gasteiger partial charge is 0.481 e. The van der Waals surface area contributed by atoms with Crippen molar-refractivity contribution in [3.8, 4) is 0 Å². The van der Waals surface area contributed by atoms with Gasteiger partial charge in [0.05, 0.1) is 24.6 Å². The number of rotatable bonds is 5. The zero-order chi connectivity index (χ0) is 17.3. The predicted molar refractivity (Wildman–Crippen MR) is 91.0 cm³/mol. The van der Waals surface area contributed by atoms with Gasteiger partial charge in [-0.15, -0.1) is 0 Å². The number of nitrogens with one attached hydrogen (secondary N) is 1. The van der Waals surface area contributed by atoms with Crippen LogP contribution in [0.1, 0.15) is 48.8 Å². The van der Waals surface area contributed by atoms with E-state index in [4.69, 9.17) is 9.52 Å². The summed E-state index contributed by atoms with van der Waals surface area (Å²) in [5.41, 5.74) is 3.34. The van der Waals surface area contributed by atoms with E-state index in [1.807, 2.05) is 26.0 Å². The molecule has 2 aromatic rings. The van der Waals surface area contributed by atoms with Crippen LogP contribution < -0.4 is 5.32 Å². The van der Waals surface area contributed by atoms with E-state index in [2.05, 4.69) is 5.32 Å². The average Bonchev–Trinajstić information content (AvgIpc) is 3.07. The third-order valence-electron chi connectivity index (χ3n) is 5.08. The summed E-state index contributed by atoms with van der Waals surface area (Å²) < 4.78 is 5.57. The van der Waals surface area contributed by atoms with Gasteiger partial charge in [0.1, 0.15) is 5.58 Å². The molecule has 2 N–H and O–H groups in total. The molecule has 1 amide bonds. The number of benzene rings is 1. The first-order valence-corrected chi connectivity index (χ1v) is 8.39. The van der Waals surface area contributed by atoms with Crippen LogP contribution in [0.3, 0.4) is 0 Å². The lowest BCUT2D eigenvalue weighted by molar-refractivity contribution is -0.139. The lowest BCUT2D eigenvalue weighted by Crippen LogP contribution is -2.48. The molecular weight excluding hydrogens is 306 g/mol. The van der Waals surface area contributed by atoms with Crippen molar-refractivity contribution in [2.75, 3.05) is 0 Å². The summed E-state index contributed by atoms with van der Waals surface area (Å²) >= 11 is 0. The zero-order valence-electron chi connectivity index (χ0n) is 14.1. The van der Waals surface area contributed by atoms with Gasteiger partial charge in [-0.05, 0) is 49.9 Å². The Morgan fingerprint density at radius 2 is 1.88 bits per heavy atom. The third kappa shape index (κ3) is 3.30. The van der Waals surface area contributed by atoms with Crippen molar-refractivity contribution in [3.63, 3.8) is 0 Å². The highest BCUT2D eigenvalue weighted by Gasteiger charge is 2.37. The van der Waals surface area contributed by atoms with E-state index in [0.717, 1.165) is 53.3 Å². The Labute approximate surface area is 141 Å². The number of hydrogen-bond acceptors (Lipinski definition) is 3. The molecule has 3 rings (SSSR count). The van der Waals surface area contributed by atoms with Gasteiger partial charge in [0, 0.05) is 10.9 Å². The van der Waals surface area contributed by atoms with Crippen LogP contribution in [0.15, 0.2) is 22.8 Å². The number of aryl methyl sites for hydroxylation is 2. The van der Waals surface area contributed by atoms with Crippen molar-refractivity contribution in [1.29, 1.82) is 0 Å². The second-order valence-electron chi connectivity index (χ2n) is 6.98. The van der Waals surface area contributed by atoms with Crippen LogP contribution in [-0.4, -0.2) is 22.5 Å². The molecule has 1 heterocycles. The van der Waals surface area contributed by atoms with Gasteiger partial charge >= 0.3 is 5.97 Å². The number of aliphatic carboxylic acids is 1. The third-order valence-corrected chi connectivity index (χ3v) is 5.08. The number of carboxylic acid groups (broad SMARTS) is 1. The van der Waals surface area contributed by atoms with Crippen LogP contribution in [-0.2, 0) is 16.0 Å². The number of fused-ring (bicyclic) bond motifs is 1. The van der Waals surface area contributed by atoms with Crippen LogP contribution in [0.25, 0.3) is 11.0 Å². The highest BCUT2D eigenvalue weighted by Crippen LogP contribution is 2.33. The first-order valence-electron chi connectivity index (χ1n) is 8.39. The molecule has 1 aromatic carbocycles. The molecule has 128 valence electrons. The highest BCUT2D eigenvalue weighted by atomic mass is 16.4. The van der Waals surface area contributed by atoms with E-state index < -0.39 is 11.5 Å². The summed E-state index contributed by atoms with van der Waals surface area (Å²) in [6.07, 6.45) is 5.20. The quantitative estimate of drug-likeness (QED) is 0.880. The maximum absolute atomic E-state index is 12.5. The molecule has 1 aliphatic rings. The Morgan fingerprint density at radius 1 is 1.21 bits per heavy atom. The number of furan rings is 1. The molecule has 0 saturated heterocycles. The fraction of sp³-hybridized carbons (Fsp3) is 0.474. The van der Waals surface area contributed by atoms with Crippen LogP contribution in [0.4, 0.5) is 0 Å². The molecule has 0 bridgehead atoms. The van der Waals surface area contributed by atoms with Gasteiger partial charge in [0.25, 0.3) is 0 Å². The van der Waals surface area contributed by atoms with Gasteiger partial charge < -0.3 is 14.8 Å². The topological polar surface area (TPSA) is 79.5 Å². The zero-order valence-corrected chi connectivity index (χ0v) is 14.1. The van der Waals surface area contributed by atoms with E-state index >= 15 is 0 Å². The predicted octanol–water partition coefficient (Wildman–Crippen LogP) is 3.50. The van der Waals surface area contributed by atoms with Crippen molar-refractivity contribution < 1.29 is 19.1 Å². The Balaban J connectivity index is 1.77. The molecule has 1 saturated carbocycles. The van der Waals surface area contributed by atoms with Gasteiger partial charge in [0.2, 0.25) is 5.91 Å². The second-order valence-corrected chi connectivity index (χ2v) is 6.98. The fourth-order valence-corrected chi connectivity index (χ4v) is 3.67. The summed E-state index contributed by atoms with van der Waals surface area (Å²) in [6.45, 7) is 4.06. The smallest absolute Gasteiger partial charge is 0.305 e. The van der Waals surface area contributed by atoms with Crippen molar-refractivity contribution in [2.24, 2.45) is 0 Å². The molecule has 1 fully saturated rings. The number of carboxylic acids is 1. The van der Waals surface area contributed by atoms with Crippen molar-refractivity contribution >= 4 is 22.8 Å². The molecule has 1 aliphatic carbocycles. The molecule has 5 heteroatoms. The molecule has 24 heavy (non-hydrogen) atoms. The molecule has 0 radical (unpaired) electrons. The van der Waals surface area contributed by atoms with Gasteiger partial charge in [0.15, 0.2) is 0 Å². The van der Waals surface area contributed by atoms with Crippen LogP contribution in [0.5, 0.6) is 0 Å². The minimum Gasteiger partial charge on any atom is -0.481 e. The number of amides is 1. The molecule has 5 nitrogen and oxygen atoms in total.